The SMILES string of the molecule is Cc1nsc(-c2ccc(N3CCC(CC(=O)O)CC3)cc2)c1NCOCc1ccccc1. The Hall–Kier alpha value is -2.90. The van der Waals surface area contributed by atoms with Gasteiger partial charge in [0.25, 0.3) is 0 Å². The number of hydrogen-bond acceptors (Lipinski definition) is 6. The van der Waals surface area contributed by atoms with Gasteiger partial charge in [0.15, 0.2) is 0 Å². The van der Waals surface area contributed by atoms with E-state index in [2.05, 4.69) is 51.0 Å². The number of aliphatic carboxylic acids is 1. The fourth-order valence-corrected chi connectivity index (χ4v) is 4.98. The zero-order valence-electron chi connectivity index (χ0n) is 18.3. The van der Waals surface area contributed by atoms with E-state index in [0.717, 1.165) is 53.3 Å². The Kier molecular flexibility index (Phi) is 7.39. The molecule has 0 aliphatic carbocycles. The maximum atomic E-state index is 10.9. The van der Waals surface area contributed by atoms with Crippen LogP contribution in [0.3, 0.4) is 0 Å². The smallest absolute Gasteiger partial charge is 0.303 e. The molecule has 1 saturated heterocycles. The van der Waals surface area contributed by atoms with Gasteiger partial charge in [-0.05, 0) is 60.5 Å². The first-order chi connectivity index (χ1) is 15.6. The molecule has 2 heterocycles. The van der Waals surface area contributed by atoms with Crippen LogP contribution in [-0.2, 0) is 16.1 Å². The Morgan fingerprint density at radius 3 is 2.56 bits per heavy atom. The second-order valence-corrected chi connectivity index (χ2v) is 8.98. The summed E-state index contributed by atoms with van der Waals surface area (Å²) in [5.74, 6) is -0.400. The summed E-state index contributed by atoms with van der Waals surface area (Å²) in [5.41, 5.74) is 5.45. The fraction of sp³-hybridized carbons (Fsp3) is 0.360. The normalized spacial score (nSPS) is 14.5. The summed E-state index contributed by atoms with van der Waals surface area (Å²) in [7, 11) is 0. The standard InChI is InChI=1S/C25H29N3O3S/c1-18-24(26-17-31-16-20-5-3-2-4-6-20)25(32-27-18)21-7-9-22(10-8-21)28-13-11-19(12-14-28)15-23(29)30/h2-10,19,26H,11-17H2,1H3,(H,29,30). The van der Waals surface area contributed by atoms with E-state index in [0.29, 0.717) is 19.3 Å². The molecule has 2 aromatic carbocycles. The third kappa shape index (κ3) is 5.66. The van der Waals surface area contributed by atoms with Gasteiger partial charge in [-0.3, -0.25) is 4.79 Å². The van der Waals surface area contributed by atoms with Crippen molar-refractivity contribution in [2.45, 2.75) is 32.8 Å². The summed E-state index contributed by atoms with van der Waals surface area (Å²) < 4.78 is 10.3. The molecule has 0 spiro atoms. The summed E-state index contributed by atoms with van der Waals surface area (Å²) in [6.07, 6.45) is 2.14. The molecular weight excluding hydrogens is 422 g/mol. The second-order valence-electron chi connectivity index (χ2n) is 8.20. The molecule has 1 fully saturated rings. The van der Waals surface area contributed by atoms with Gasteiger partial charge in [0.2, 0.25) is 0 Å². The zero-order chi connectivity index (χ0) is 22.3. The minimum absolute atomic E-state index is 0.280. The largest absolute Gasteiger partial charge is 0.481 e. The average Bonchev–Trinajstić information content (AvgIpc) is 3.18. The minimum Gasteiger partial charge on any atom is -0.481 e. The van der Waals surface area contributed by atoms with Gasteiger partial charge in [-0.25, -0.2) is 0 Å². The Balaban J connectivity index is 1.34. The van der Waals surface area contributed by atoms with Gasteiger partial charge in [0.1, 0.15) is 6.73 Å². The van der Waals surface area contributed by atoms with Gasteiger partial charge in [-0.1, -0.05) is 42.5 Å². The second kappa shape index (κ2) is 10.6. The van der Waals surface area contributed by atoms with E-state index in [-0.39, 0.29) is 6.42 Å². The van der Waals surface area contributed by atoms with E-state index in [1.165, 1.54) is 17.2 Å². The molecule has 3 aromatic rings. The number of piperidine rings is 1. The van der Waals surface area contributed by atoms with Crippen molar-refractivity contribution in [2.24, 2.45) is 5.92 Å². The molecule has 0 bridgehead atoms. The average molecular weight is 452 g/mol. The topological polar surface area (TPSA) is 74.7 Å². The van der Waals surface area contributed by atoms with Crippen LogP contribution < -0.4 is 10.2 Å². The van der Waals surface area contributed by atoms with Crippen LogP contribution in [0.25, 0.3) is 10.4 Å². The van der Waals surface area contributed by atoms with Crippen LogP contribution in [0.5, 0.6) is 0 Å². The molecule has 0 atom stereocenters. The highest BCUT2D eigenvalue weighted by Gasteiger charge is 2.21. The van der Waals surface area contributed by atoms with Crippen molar-refractivity contribution in [3.63, 3.8) is 0 Å². The number of benzene rings is 2. The van der Waals surface area contributed by atoms with Crippen molar-refractivity contribution in [3.8, 4) is 10.4 Å². The molecule has 2 N–H and O–H groups in total. The lowest BCUT2D eigenvalue weighted by atomic mass is 9.93. The number of carboxylic acid groups (broad SMARTS) is 1. The van der Waals surface area contributed by atoms with Crippen molar-refractivity contribution >= 4 is 28.9 Å². The van der Waals surface area contributed by atoms with Gasteiger partial charge < -0.3 is 20.1 Å². The summed E-state index contributed by atoms with van der Waals surface area (Å²) >= 11 is 1.49. The van der Waals surface area contributed by atoms with E-state index < -0.39 is 5.97 Å². The van der Waals surface area contributed by atoms with E-state index >= 15 is 0 Å². The summed E-state index contributed by atoms with van der Waals surface area (Å²) in [5, 5.41) is 12.4. The van der Waals surface area contributed by atoms with Crippen molar-refractivity contribution in [1.82, 2.24) is 4.37 Å². The lowest BCUT2D eigenvalue weighted by Gasteiger charge is -2.33. The number of hydrogen-bond donors (Lipinski definition) is 2. The van der Waals surface area contributed by atoms with Crippen LogP contribution >= 0.6 is 11.5 Å². The van der Waals surface area contributed by atoms with Crippen LogP contribution in [0.2, 0.25) is 0 Å². The molecule has 1 aliphatic rings. The molecule has 1 aromatic heterocycles. The van der Waals surface area contributed by atoms with E-state index in [9.17, 15) is 4.79 Å². The molecule has 7 heteroatoms. The first kappa shape index (κ1) is 22.3. The van der Waals surface area contributed by atoms with Gasteiger partial charge in [0.05, 0.1) is 22.9 Å². The number of nitrogens with one attached hydrogen (secondary N) is 1. The number of rotatable bonds is 9. The number of aryl methyl sites for hydroxylation is 1. The molecule has 6 nitrogen and oxygen atoms in total. The van der Waals surface area contributed by atoms with Crippen LogP contribution in [-0.4, -0.2) is 35.3 Å². The van der Waals surface area contributed by atoms with Gasteiger partial charge in [-0.15, -0.1) is 0 Å². The first-order valence-corrected chi connectivity index (χ1v) is 11.8. The number of anilines is 2. The Labute approximate surface area is 193 Å². The Morgan fingerprint density at radius 1 is 1.16 bits per heavy atom. The van der Waals surface area contributed by atoms with Crippen molar-refractivity contribution in [2.75, 3.05) is 30.0 Å². The molecule has 0 unspecified atom stereocenters. The number of aromatic nitrogens is 1. The molecule has 168 valence electrons. The molecule has 0 saturated carbocycles. The van der Waals surface area contributed by atoms with Crippen LogP contribution in [0, 0.1) is 12.8 Å². The third-order valence-corrected chi connectivity index (χ3v) is 6.89. The number of nitrogens with zero attached hydrogens (tertiary/aromatic N) is 2. The highest BCUT2D eigenvalue weighted by atomic mass is 32.1. The minimum atomic E-state index is -0.692. The molecule has 1 aliphatic heterocycles. The van der Waals surface area contributed by atoms with E-state index in [4.69, 9.17) is 9.84 Å². The van der Waals surface area contributed by atoms with Gasteiger partial charge in [0, 0.05) is 25.2 Å². The summed E-state index contributed by atoms with van der Waals surface area (Å²) in [6.45, 7) is 4.81. The third-order valence-electron chi connectivity index (χ3n) is 5.90. The molecular formula is C25H29N3O3S. The lowest BCUT2D eigenvalue weighted by molar-refractivity contribution is -0.138. The maximum Gasteiger partial charge on any atom is 0.303 e. The number of carbonyl (C=O) groups is 1. The maximum absolute atomic E-state index is 10.9. The highest BCUT2D eigenvalue weighted by Crippen LogP contribution is 2.36. The lowest BCUT2D eigenvalue weighted by Crippen LogP contribution is -2.34. The molecule has 32 heavy (non-hydrogen) atoms. The van der Waals surface area contributed by atoms with E-state index in [1.54, 1.807) is 0 Å². The Morgan fingerprint density at radius 2 is 1.88 bits per heavy atom. The summed E-state index contributed by atoms with van der Waals surface area (Å²) in [4.78, 5) is 14.4. The number of carboxylic acids is 1. The van der Waals surface area contributed by atoms with Gasteiger partial charge in [-0.2, -0.15) is 4.37 Å². The van der Waals surface area contributed by atoms with Crippen molar-refractivity contribution in [1.29, 1.82) is 0 Å². The van der Waals surface area contributed by atoms with Crippen LogP contribution in [0.15, 0.2) is 54.6 Å². The predicted octanol–water partition coefficient (Wildman–Crippen LogP) is 5.40. The van der Waals surface area contributed by atoms with Crippen molar-refractivity contribution in [3.05, 3.63) is 65.9 Å². The zero-order valence-corrected chi connectivity index (χ0v) is 19.1. The fourth-order valence-electron chi connectivity index (χ4n) is 4.11. The molecule has 4 rings (SSSR count). The first-order valence-electron chi connectivity index (χ1n) is 11.0. The predicted molar refractivity (Wildman–Crippen MR) is 129 cm³/mol. The quantitative estimate of drug-likeness (QED) is 0.335. The van der Waals surface area contributed by atoms with Gasteiger partial charge >= 0.3 is 5.97 Å². The van der Waals surface area contributed by atoms with E-state index in [1.807, 2.05) is 25.1 Å². The molecule has 0 radical (unpaired) electrons. The van der Waals surface area contributed by atoms with Crippen molar-refractivity contribution < 1.29 is 14.6 Å². The Bertz CT molecular complexity index is 1010. The summed E-state index contributed by atoms with van der Waals surface area (Å²) in [6, 6.07) is 18.7. The van der Waals surface area contributed by atoms with Crippen LogP contribution in [0.1, 0.15) is 30.5 Å². The monoisotopic (exact) mass is 451 g/mol. The molecule has 0 amide bonds. The van der Waals surface area contributed by atoms with Crippen LogP contribution in [0.4, 0.5) is 11.4 Å². The highest BCUT2D eigenvalue weighted by molar-refractivity contribution is 7.10. The number of ether oxygens (including phenoxy) is 1.